The van der Waals surface area contributed by atoms with Gasteiger partial charge in [-0.05, 0) is 30.3 Å². The number of pyridine rings is 1. The van der Waals surface area contributed by atoms with Crippen molar-refractivity contribution in [3.05, 3.63) is 60.8 Å². The molecule has 1 saturated heterocycles. The number of anilines is 2. The van der Waals surface area contributed by atoms with Crippen molar-refractivity contribution in [2.75, 3.05) is 23.3 Å². The highest BCUT2D eigenvalue weighted by Gasteiger charge is 2.39. The van der Waals surface area contributed by atoms with Gasteiger partial charge in [0.1, 0.15) is 17.9 Å². The lowest BCUT2D eigenvalue weighted by Gasteiger charge is -2.21. The molecule has 0 saturated carbocycles. The number of aromatic nitrogens is 3. The van der Waals surface area contributed by atoms with Crippen LogP contribution in [0.4, 0.5) is 29.1 Å². The molecule has 1 fully saturated rings. The van der Waals surface area contributed by atoms with Crippen molar-refractivity contribution >= 4 is 40.0 Å². The number of alkyl halides is 5. The average molecular weight is 573 g/mol. The number of benzene rings is 1. The quantitative estimate of drug-likeness (QED) is 0.254. The minimum atomic E-state index is -3.35. The highest BCUT2D eigenvalue weighted by Crippen LogP contribution is 2.36. The minimum absolute atomic E-state index is 0.0628. The molecule has 0 bridgehead atoms. The summed E-state index contributed by atoms with van der Waals surface area (Å²) in [6.07, 6.45) is 5.35. The fraction of sp³-hybridized carbons (Fsp3) is 0.238. The molecule has 0 atom stereocenters. The molecule has 4 rings (SSSR count). The first-order chi connectivity index (χ1) is 15.6. The molecule has 1 aliphatic rings. The van der Waals surface area contributed by atoms with Crippen LogP contribution in [0.2, 0.25) is 0 Å². The van der Waals surface area contributed by atoms with E-state index >= 15 is 0 Å². The van der Waals surface area contributed by atoms with Gasteiger partial charge in [-0.2, -0.15) is 8.78 Å². The number of amides is 1. The molecule has 3 aromatic rings. The van der Waals surface area contributed by atoms with Gasteiger partial charge in [-0.15, -0.1) is 0 Å². The Morgan fingerprint density at radius 1 is 1.15 bits per heavy atom. The van der Waals surface area contributed by atoms with E-state index < -0.39 is 22.5 Å². The standard InChI is InChI=1S/C21H16F4IN5O2/c22-20(23)5-6-31(11-20)18-17(14-8-27-12-28-9-14)7-13(10-29-18)19(32)30-15-1-3-16(4-2-15)33-21(24,25)26/h1-4,7-10,12H,5-6,11H2,(H,30,32). The van der Waals surface area contributed by atoms with E-state index in [1.165, 1.54) is 60.1 Å². The number of nitrogens with zero attached hydrogens (tertiary/aromatic N) is 4. The topological polar surface area (TPSA) is 80.2 Å². The second-order valence-electron chi connectivity index (χ2n) is 7.28. The van der Waals surface area contributed by atoms with Crippen LogP contribution < -0.4 is 15.0 Å². The maximum Gasteiger partial charge on any atom is 0.451 e. The molecule has 33 heavy (non-hydrogen) atoms. The lowest BCUT2D eigenvalue weighted by molar-refractivity contribution is -0.0691. The lowest BCUT2D eigenvalue weighted by Crippen LogP contribution is -2.26. The highest BCUT2D eigenvalue weighted by atomic mass is 127. The van der Waals surface area contributed by atoms with Crippen LogP contribution in [0.3, 0.4) is 0 Å². The molecule has 1 N–H and O–H groups in total. The van der Waals surface area contributed by atoms with Crippen LogP contribution in [-0.2, 0) is 0 Å². The number of hydrogen-bond acceptors (Lipinski definition) is 6. The molecule has 12 heteroatoms. The summed E-state index contributed by atoms with van der Waals surface area (Å²) < 4.78 is 54.5. The molecular weight excluding hydrogens is 557 g/mol. The van der Waals surface area contributed by atoms with Gasteiger partial charge in [0.05, 0.1) is 34.7 Å². The van der Waals surface area contributed by atoms with E-state index in [1.54, 1.807) is 0 Å². The van der Waals surface area contributed by atoms with Crippen LogP contribution in [0.15, 0.2) is 55.2 Å². The first-order valence-corrected chi connectivity index (χ1v) is 10.7. The Morgan fingerprint density at radius 2 is 1.85 bits per heavy atom. The van der Waals surface area contributed by atoms with Crippen LogP contribution in [0.25, 0.3) is 11.1 Å². The van der Waals surface area contributed by atoms with Gasteiger partial charge >= 0.3 is 4.12 Å². The molecular formula is C21H16F4IN5O2. The minimum Gasteiger partial charge on any atom is -0.425 e. The Balaban J connectivity index is 1.58. The molecule has 0 aliphatic carbocycles. The Hall–Kier alpha value is -3.03. The van der Waals surface area contributed by atoms with Gasteiger partial charge in [-0.3, -0.25) is 4.79 Å². The maximum atomic E-state index is 13.8. The first-order valence-electron chi connectivity index (χ1n) is 9.65. The highest BCUT2D eigenvalue weighted by molar-refractivity contribution is 14.1. The zero-order valence-corrected chi connectivity index (χ0v) is 19.0. The second kappa shape index (κ2) is 9.08. The van der Waals surface area contributed by atoms with Gasteiger partial charge in [-0.25, -0.2) is 23.7 Å². The van der Waals surface area contributed by atoms with Gasteiger partial charge in [0, 0.05) is 48.4 Å². The summed E-state index contributed by atoms with van der Waals surface area (Å²) in [5.41, 5.74) is 1.47. The summed E-state index contributed by atoms with van der Waals surface area (Å²) in [6.45, 7) is -0.353. The van der Waals surface area contributed by atoms with Gasteiger partial charge < -0.3 is 15.0 Å². The van der Waals surface area contributed by atoms with Crippen molar-refractivity contribution in [1.82, 2.24) is 15.0 Å². The Kier molecular flexibility index (Phi) is 6.36. The molecule has 1 aromatic carbocycles. The smallest absolute Gasteiger partial charge is 0.425 e. The predicted octanol–water partition coefficient (Wildman–Crippen LogP) is 5.00. The van der Waals surface area contributed by atoms with Crippen molar-refractivity contribution in [2.45, 2.75) is 16.5 Å². The molecule has 2 aromatic heterocycles. The van der Waals surface area contributed by atoms with E-state index in [-0.39, 0.29) is 24.3 Å². The third-order valence-electron chi connectivity index (χ3n) is 4.82. The third kappa shape index (κ3) is 5.86. The predicted molar refractivity (Wildman–Crippen MR) is 121 cm³/mol. The Morgan fingerprint density at radius 3 is 2.45 bits per heavy atom. The van der Waals surface area contributed by atoms with E-state index in [0.29, 0.717) is 22.6 Å². The molecule has 3 heterocycles. The Labute approximate surface area is 199 Å². The molecule has 0 unspecified atom stereocenters. The van der Waals surface area contributed by atoms with Gasteiger partial charge in [0.15, 0.2) is 0 Å². The fourth-order valence-corrected chi connectivity index (χ4v) is 3.60. The van der Waals surface area contributed by atoms with Crippen molar-refractivity contribution in [2.24, 2.45) is 0 Å². The summed E-state index contributed by atoms with van der Waals surface area (Å²) in [4.78, 5) is 26.5. The van der Waals surface area contributed by atoms with Crippen molar-refractivity contribution < 1.29 is 27.1 Å². The van der Waals surface area contributed by atoms with Crippen molar-refractivity contribution in [3.8, 4) is 16.9 Å². The number of hydrogen-bond donors (Lipinski definition) is 1. The molecule has 172 valence electrons. The number of nitrogens with one attached hydrogen (secondary N) is 1. The Bertz CT molecular complexity index is 1140. The number of rotatable bonds is 6. The van der Waals surface area contributed by atoms with E-state index in [4.69, 9.17) is 0 Å². The summed E-state index contributed by atoms with van der Waals surface area (Å²) >= 11 is 0.856. The first kappa shape index (κ1) is 23.1. The second-order valence-corrected chi connectivity index (χ2v) is 8.53. The summed E-state index contributed by atoms with van der Waals surface area (Å²) in [5.74, 6) is -3.10. The van der Waals surface area contributed by atoms with Crippen LogP contribution in [0.1, 0.15) is 16.8 Å². The fourth-order valence-electron chi connectivity index (χ4n) is 3.34. The van der Waals surface area contributed by atoms with E-state index in [2.05, 4.69) is 25.0 Å². The van der Waals surface area contributed by atoms with E-state index in [0.717, 1.165) is 22.6 Å². The average Bonchev–Trinajstić information content (AvgIpc) is 3.14. The monoisotopic (exact) mass is 573 g/mol. The number of carbonyl (C=O) groups excluding carboxylic acids is 1. The largest absolute Gasteiger partial charge is 0.451 e. The summed E-state index contributed by atoms with van der Waals surface area (Å²) in [7, 11) is 0. The van der Waals surface area contributed by atoms with Crippen LogP contribution >= 0.6 is 22.6 Å². The van der Waals surface area contributed by atoms with Crippen molar-refractivity contribution in [3.63, 3.8) is 0 Å². The zero-order valence-electron chi connectivity index (χ0n) is 16.8. The molecule has 1 amide bonds. The zero-order chi connectivity index (χ0) is 23.6. The maximum absolute atomic E-state index is 13.8. The number of ether oxygens (including phenoxy) is 1. The van der Waals surface area contributed by atoms with Gasteiger partial charge in [0.25, 0.3) is 11.8 Å². The summed E-state index contributed by atoms with van der Waals surface area (Å²) in [5, 5.41) is 2.64. The van der Waals surface area contributed by atoms with Crippen LogP contribution in [0, 0.1) is 0 Å². The summed E-state index contributed by atoms with van der Waals surface area (Å²) in [6, 6.07) is 6.94. The molecule has 1 aliphatic heterocycles. The normalized spacial score (nSPS) is 15.4. The van der Waals surface area contributed by atoms with Gasteiger partial charge in [-0.1, -0.05) is 0 Å². The van der Waals surface area contributed by atoms with Crippen molar-refractivity contribution in [1.29, 1.82) is 0 Å². The molecule has 7 nitrogen and oxygen atoms in total. The number of carbonyl (C=O) groups is 1. The third-order valence-corrected chi connectivity index (χ3v) is 5.04. The van der Waals surface area contributed by atoms with Crippen LogP contribution in [0.5, 0.6) is 5.75 Å². The van der Waals surface area contributed by atoms with Crippen LogP contribution in [-0.4, -0.2) is 44.0 Å². The SMILES string of the molecule is O=C(Nc1ccc(OC(F)(F)I)cc1)c1cnc(N2CCC(F)(F)C2)c(-c2cncnc2)c1. The number of halogens is 5. The van der Waals surface area contributed by atoms with Gasteiger partial charge in [0.2, 0.25) is 0 Å². The molecule has 0 radical (unpaired) electrons. The van der Waals surface area contributed by atoms with E-state index in [9.17, 15) is 22.4 Å². The molecule has 0 spiro atoms. The van der Waals surface area contributed by atoms with E-state index in [1.807, 2.05) is 0 Å². The lowest BCUT2D eigenvalue weighted by atomic mass is 10.1.